The van der Waals surface area contributed by atoms with Crippen LogP contribution in [0, 0.1) is 6.92 Å². The number of rotatable bonds is 10. The lowest BCUT2D eigenvalue weighted by atomic mass is 10.1. The molecule has 3 N–H and O–H groups in total. The summed E-state index contributed by atoms with van der Waals surface area (Å²) in [7, 11) is 1.65. The molecule has 0 fully saturated rings. The molecule has 27 heavy (non-hydrogen) atoms. The summed E-state index contributed by atoms with van der Waals surface area (Å²) in [6.45, 7) is 6.93. The van der Waals surface area contributed by atoms with Gasteiger partial charge in [0.2, 0.25) is 0 Å². The van der Waals surface area contributed by atoms with Gasteiger partial charge in [0, 0.05) is 18.8 Å². The molecule has 0 unspecified atom stereocenters. The number of nitrogens with one attached hydrogen (secondary N) is 3. The van der Waals surface area contributed by atoms with E-state index in [1.54, 1.807) is 7.11 Å². The summed E-state index contributed by atoms with van der Waals surface area (Å²) < 4.78 is 10.8. The molecule has 1 aromatic heterocycles. The summed E-state index contributed by atoms with van der Waals surface area (Å²) in [5.41, 5.74) is 2.39. The van der Waals surface area contributed by atoms with Crippen molar-refractivity contribution < 1.29 is 9.47 Å². The van der Waals surface area contributed by atoms with E-state index in [2.05, 4.69) is 32.7 Å². The summed E-state index contributed by atoms with van der Waals surface area (Å²) in [6.07, 6.45) is 3.85. The van der Waals surface area contributed by atoms with Gasteiger partial charge in [-0.05, 0) is 56.5 Å². The lowest BCUT2D eigenvalue weighted by molar-refractivity contribution is 0.321. The number of halogens is 1. The topological polar surface area (TPSA) is 83.6 Å². The van der Waals surface area contributed by atoms with Gasteiger partial charge in [0.1, 0.15) is 18.1 Å². The van der Waals surface area contributed by atoms with Crippen LogP contribution in [0.1, 0.15) is 24.6 Å². The van der Waals surface area contributed by atoms with Crippen molar-refractivity contribution in [1.29, 1.82) is 0 Å². The van der Waals surface area contributed by atoms with E-state index in [-0.39, 0.29) is 24.0 Å². The third kappa shape index (κ3) is 8.51. The summed E-state index contributed by atoms with van der Waals surface area (Å²) in [6, 6.07) is 7.57. The first kappa shape index (κ1) is 23.1. The number of aliphatic imine (C=N–C) groups is 1. The summed E-state index contributed by atoms with van der Waals surface area (Å²) in [5, 5.41) is 13.5. The second-order valence-electron chi connectivity index (χ2n) is 5.84. The first-order chi connectivity index (χ1) is 12.7. The maximum absolute atomic E-state index is 5.71. The van der Waals surface area contributed by atoms with Gasteiger partial charge >= 0.3 is 0 Å². The molecule has 0 saturated carbocycles. The number of methoxy groups -OCH3 is 1. The summed E-state index contributed by atoms with van der Waals surface area (Å²) >= 11 is 0. The molecule has 0 atom stereocenters. The Morgan fingerprint density at radius 2 is 1.93 bits per heavy atom. The Morgan fingerprint density at radius 1 is 1.19 bits per heavy atom. The molecular formula is C19H30IN5O2. The Balaban J connectivity index is 0.00000364. The van der Waals surface area contributed by atoms with Gasteiger partial charge in [-0.1, -0.05) is 0 Å². The average molecular weight is 487 g/mol. The van der Waals surface area contributed by atoms with E-state index >= 15 is 0 Å². The molecule has 0 radical (unpaired) electrons. The van der Waals surface area contributed by atoms with E-state index in [0.717, 1.165) is 49.1 Å². The van der Waals surface area contributed by atoms with Gasteiger partial charge in [-0.3, -0.25) is 10.1 Å². The monoisotopic (exact) mass is 487 g/mol. The van der Waals surface area contributed by atoms with Gasteiger partial charge in [-0.15, -0.1) is 24.0 Å². The first-order valence-corrected chi connectivity index (χ1v) is 9.00. The molecule has 7 nitrogen and oxygen atoms in total. The van der Waals surface area contributed by atoms with Gasteiger partial charge < -0.3 is 20.1 Å². The molecule has 0 saturated heterocycles. The van der Waals surface area contributed by atoms with E-state index in [1.165, 1.54) is 5.56 Å². The predicted octanol–water partition coefficient (Wildman–Crippen LogP) is 2.91. The number of hydrogen-bond acceptors (Lipinski definition) is 4. The average Bonchev–Trinajstić information content (AvgIpc) is 3.07. The fraction of sp³-hybridized carbons (Fsp3) is 0.474. The summed E-state index contributed by atoms with van der Waals surface area (Å²) in [4.78, 5) is 4.60. The fourth-order valence-corrected chi connectivity index (χ4v) is 2.44. The van der Waals surface area contributed by atoms with Gasteiger partial charge in [0.05, 0.1) is 19.9 Å². The highest BCUT2D eigenvalue weighted by Gasteiger charge is 2.01. The molecule has 0 spiro atoms. The van der Waals surface area contributed by atoms with Gasteiger partial charge in [-0.25, -0.2) is 0 Å². The Labute approximate surface area is 178 Å². The maximum atomic E-state index is 5.71. The zero-order valence-corrected chi connectivity index (χ0v) is 18.6. The van der Waals surface area contributed by atoms with Crippen molar-refractivity contribution in [3.63, 3.8) is 0 Å². The number of aryl methyl sites for hydroxylation is 2. The molecule has 2 rings (SSSR count). The minimum absolute atomic E-state index is 0. The number of benzene rings is 1. The van der Waals surface area contributed by atoms with Crippen LogP contribution in [0.3, 0.4) is 0 Å². The molecular weight excluding hydrogens is 457 g/mol. The summed E-state index contributed by atoms with van der Waals surface area (Å²) in [5.74, 6) is 2.46. The molecule has 0 aliphatic rings. The van der Waals surface area contributed by atoms with Crippen LogP contribution in [-0.4, -0.2) is 49.5 Å². The van der Waals surface area contributed by atoms with E-state index in [4.69, 9.17) is 9.47 Å². The Morgan fingerprint density at radius 3 is 2.56 bits per heavy atom. The smallest absolute Gasteiger partial charge is 0.191 e. The van der Waals surface area contributed by atoms with Crippen LogP contribution >= 0.6 is 24.0 Å². The maximum Gasteiger partial charge on any atom is 0.191 e. The molecule has 150 valence electrons. The second kappa shape index (κ2) is 13.2. The standard InChI is InChI=1S/C19H29N5O2.HI/c1-4-20-19(21-11-5-6-16-14-23-24-15(16)2)22-12-13-26-18-9-7-17(25-3)8-10-18;/h7-10,14H,4-6,11-13H2,1-3H3,(H,23,24)(H2,20,21,22);1H. The van der Waals surface area contributed by atoms with Crippen molar-refractivity contribution in [1.82, 2.24) is 20.8 Å². The Kier molecular flexibility index (Phi) is 11.3. The Hall–Kier alpha value is -1.97. The molecule has 2 aromatic rings. The SMILES string of the molecule is CCNC(=NCCCc1cn[nH]c1C)NCCOc1ccc(OC)cc1.I. The van der Waals surface area contributed by atoms with E-state index in [0.29, 0.717) is 13.2 Å². The van der Waals surface area contributed by atoms with Gasteiger partial charge in [0.15, 0.2) is 5.96 Å². The van der Waals surface area contributed by atoms with Crippen molar-refractivity contribution in [3.05, 3.63) is 41.7 Å². The quantitative estimate of drug-likeness (QED) is 0.208. The largest absolute Gasteiger partial charge is 0.497 e. The number of nitrogens with zero attached hydrogens (tertiary/aromatic N) is 2. The van der Waals surface area contributed by atoms with Crippen LogP contribution in [0.2, 0.25) is 0 Å². The number of ether oxygens (including phenoxy) is 2. The third-order valence-electron chi connectivity index (χ3n) is 3.88. The van der Waals surface area contributed by atoms with Crippen molar-refractivity contribution in [2.75, 3.05) is 33.4 Å². The molecule has 0 amide bonds. The van der Waals surface area contributed by atoms with Gasteiger partial charge in [0.25, 0.3) is 0 Å². The minimum Gasteiger partial charge on any atom is -0.497 e. The second-order valence-corrected chi connectivity index (χ2v) is 5.84. The van der Waals surface area contributed by atoms with Crippen molar-refractivity contribution >= 4 is 29.9 Å². The number of aromatic nitrogens is 2. The van der Waals surface area contributed by atoms with E-state index in [1.807, 2.05) is 37.4 Å². The Bertz CT molecular complexity index is 673. The molecule has 8 heteroatoms. The van der Waals surface area contributed by atoms with Crippen molar-refractivity contribution in [2.24, 2.45) is 4.99 Å². The minimum atomic E-state index is 0. The fourth-order valence-electron chi connectivity index (χ4n) is 2.44. The number of hydrogen-bond donors (Lipinski definition) is 3. The van der Waals surface area contributed by atoms with Crippen LogP contribution in [0.5, 0.6) is 11.5 Å². The number of guanidine groups is 1. The first-order valence-electron chi connectivity index (χ1n) is 9.00. The predicted molar refractivity (Wildman–Crippen MR) is 120 cm³/mol. The van der Waals surface area contributed by atoms with Crippen LogP contribution in [0.15, 0.2) is 35.5 Å². The number of H-pyrrole nitrogens is 1. The van der Waals surface area contributed by atoms with Crippen LogP contribution < -0.4 is 20.1 Å². The highest BCUT2D eigenvalue weighted by molar-refractivity contribution is 14.0. The highest BCUT2D eigenvalue weighted by Crippen LogP contribution is 2.16. The van der Waals surface area contributed by atoms with E-state index in [9.17, 15) is 0 Å². The van der Waals surface area contributed by atoms with E-state index < -0.39 is 0 Å². The molecule has 1 heterocycles. The molecule has 1 aromatic carbocycles. The molecule has 0 bridgehead atoms. The van der Waals surface area contributed by atoms with Crippen LogP contribution in [0.4, 0.5) is 0 Å². The van der Waals surface area contributed by atoms with Crippen LogP contribution in [0.25, 0.3) is 0 Å². The lowest BCUT2D eigenvalue weighted by Gasteiger charge is -2.12. The highest BCUT2D eigenvalue weighted by atomic mass is 127. The molecule has 0 aliphatic carbocycles. The zero-order valence-electron chi connectivity index (χ0n) is 16.2. The number of aromatic amines is 1. The lowest BCUT2D eigenvalue weighted by Crippen LogP contribution is -2.39. The third-order valence-corrected chi connectivity index (χ3v) is 3.88. The molecule has 0 aliphatic heterocycles. The van der Waals surface area contributed by atoms with Crippen molar-refractivity contribution in [3.8, 4) is 11.5 Å². The normalized spacial score (nSPS) is 10.9. The van der Waals surface area contributed by atoms with Crippen LogP contribution in [-0.2, 0) is 6.42 Å². The van der Waals surface area contributed by atoms with Gasteiger partial charge in [-0.2, -0.15) is 5.10 Å². The van der Waals surface area contributed by atoms with Crippen molar-refractivity contribution in [2.45, 2.75) is 26.7 Å². The zero-order chi connectivity index (χ0) is 18.6.